The van der Waals surface area contributed by atoms with E-state index < -0.39 is 5.97 Å². The Morgan fingerprint density at radius 2 is 2.14 bits per heavy atom. The van der Waals surface area contributed by atoms with Crippen LogP contribution in [-0.2, 0) is 9.53 Å². The van der Waals surface area contributed by atoms with Gasteiger partial charge in [0.15, 0.2) is 5.58 Å². The van der Waals surface area contributed by atoms with Crippen LogP contribution in [0.2, 0.25) is 0 Å². The van der Waals surface area contributed by atoms with E-state index in [1.165, 1.54) is 17.3 Å². The average molecular weight is 390 g/mol. The van der Waals surface area contributed by atoms with Crippen LogP contribution in [0, 0.1) is 5.41 Å². The minimum absolute atomic E-state index is 0.173. The third kappa shape index (κ3) is 4.95. The fraction of sp³-hybridized carbons (Fsp3) is 0.368. The molecule has 2 aromatic heterocycles. The van der Waals surface area contributed by atoms with Crippen LogP contribution < -0.4 is 10.6 Å². The molecular formula is C19H26N4O5. The first-order chi connectivity index (χ1) is 13.4. The molecule has 1 atom stereocenters. The summed E-state index contributed by atoms with van der Waals surface area (Å²) in [5.74, 6) is -1.61. The number of carboxylic acids is 1. The zero-order valence-electron chi connectivity index (χ0n) is 16.4. The smallest absolute Gasteiger partial charge is 0.374 e. The number of carbonyl (C=O) groups excluding carboxylic acids is 1. The van der Waals surface area contributed by atoms with Crippen LogP contribution in [0.1, 0.15) is 43.4 Å². The zero-order chi connectivity index (χ0) is 21.3. The topological polar surface area (TPSA) is 143 Å². The second kappa shape index (κ2) is 10.8. The summed E-state index contributed by atoms with van der Waals surface area (Å²) in [7, 11) is 1.68. The van der Waals surface area contributed by atoms with Crippen molar-refractivity contribution in [3.05, 3.63) is 29.9 Å². The maximum atomic E-state index is 11.6. The minimum atomic E-state index is -1.28. The average Bonchev–Trinajstić information content (AvgIpc) is 3.08. The molecule has 0 aliphatic heterocycles. The summed E-state index contributed by atoms with van der Waals surface area (Å²) in [6.07, 6.45) is 4.84. The van der Waals surface area contributed by atoms with Crippen molar-refractivity contribution in [1.82, 2.24) is 4.98 Å². The SMILES string of the molecule is CCC(C)N(C=O)c1c(C(=O)O)oc2cnc(/C(C=N)=C/N)cc12.CCOC. The highest BCUT2D eigenvalue weighted by Crippen LogP contribution is 2.35. The Morgan fingerprint density at radius 1 is 1.50 bits per heavy atom. The highest BCUT2D eigenvalue weighted by atomic mass is 16.5. The molecule has 0 bridgehead atoms. The lowest BCUT2D eigenvalue weighted by atomic mass is 10.1. The van der Waals surface area contributed by atoms with E-state index in [1.54, 1.807) is 13.2 Å². The Hall–Kier alpha value is -3.20. The molecule has 0 fully saturated rings. The monoisotopic (exact) mass is 390 g/mol. The van der Waals surface area contributed by atoms with Crippen molar-refractivity contribution < 1.29 is 23.8 Å². The van der Waals surface area contributed by atoms with Crippen molar-refractivity contribution in [2.24, 2.45) is 5.73 Å². The molecule has 0 saturated carbocycles. The van der Waals surface area contributed by atoms with Gasteiger partial charge < -0.3 is 30.3 Å². The molecule has 0 aliphatic carbocycles. The van der Waals surface area contributed by atoms with Gasteiger partial charge >= 0.3 is 5.97 Å². The van der Waals surface area contributed by atoms with Crippen LogP contribution in [0.25, 0.3) is 16.5 Å². The number of amides is 1. The molecular weight excluding hydrogens is 364 g/mol. The summed E-state index contributed by atoms with van der Waals surface area (Å²) in [6.45, 7) is 6.48. The number of ether oxygens (including phenoxy) is 1. The lowest BCUT2D eigenvalue weighted by Gasteiger charge is -2.23. The van der Waals surface area contributed by atoms with E-state index in [9.17, 15) is 14.7 Å². The van der Waals surface area contributed by atoms with Gasteiger partial charge in [0.2, 0.25) is 12.2 Å². The number of carbonyl (C=O) groups is 2. The minimum Gasteiger partial charge on any atom is -0.475 e. The molecule has 152 valence electrons. The molecule has 1 unspecified atom stereocenters. The molecule has 0 radical (unpaired) electrons. The fourth-order valence-electron chi connectivity index (χ4n) is 2.33. The third-order valence-electron chi connectivity index (χ3n) is 4.10. The number of allylic oxidation sites excluding steroid dienone is 1. The number of anilines is 1. The summed E-state index contributed by atoms with van der Waals surface area (Å²) in [5.41, 5.74) is 6.63. The molecule has 0 saturated heterocycles. The summed E-state index contributed by atoms with van der Waals surface area (Å²) in [4.78, 5) is 28.5. The molecule has 9 heteroatoms. The molecule has 1 amide bonds. The maximum Gasteiger partial charge on any atom is 0.374 e. The van der Waals surface area contributed by atoms with Crippen LogP contribution in [-0.4, -0.2) is 48.4 Å². The number of pyridine rings is 1. The molecule has 28 heavy (non-hydrogen) atoms. The lowest BCUT2D eigenvalue weighted by Crippen LogP contribution is -2.32. The van der Waals surface area contributed by atoms with E-state index in [0.29, 0.717) is 29.5 Å². The number of carboxylic acid groups (broad SMARTS) is 1. The predicted molar refractivity (Wildman–Crippen MR) is 108 cm³/mol. The van der Waals surface area contributed by atoms with E-state index in [4.69, 9.17) is 15.6 Å². The summed E-state index contributed by atoms with van der Waals surface area (Å²) >= 11 is 0. The molecule has 0 spiro atoms. The Morgan fingerprint density at radius 3 is 2.57 bits per heavy atom. The Labute approximate surface area is 163 Å². The van der Waals surface area contributed by atoms with Crippen molar-refractivity contribution in [1.29, 1.82) is 5.41 Å². The van der Waals surface area contributed by atoms with E-state index in [-0.39, 0.29) is 23.1 Å². The Kier molecular flexibility index (Phi) is 8.83. The van der Waals surface area contributed by atoms with E-state index in [0.717, 1.165) is 12.8 Å². The lowest BCUT2D eigenvalue weighted by molar-refractivity contribution is -0.107. The second-order valence-electron chi connectivity index (χ2n) is 5.76. The van der Waals surface area contributed by atoms with Crippen LogP contribution in [0.3, 0.4) is 0 Å². The molecule has 4 N–H and O–H groups in total. The van der Waals surface area contributed by atoms with Crippen LogP contribution in [0.5, 0.6) is 0 Å². The van der Waals surface area contributed by atoms with Gasteiger partial charge in [0, 0.05) is 43.1 Å². The third-order valence-corrected chi connectivity index (χ3v) is 4.10. The predicted octanol–water partition coefficient (Wildman–Crippen LogP) is 2.89. The van der Waals surface area contributed by atoms with Gasteiger partial charge in [-0.1, -0.05) is 6.92 Å². The highest BCUT2D eigenvalue weighted by Gasteiger charge is 2.27. The molecule has 2 rings (SSSR count). The number of aromatic carboxylic acids is 1. The standard InChI is InChI=1S/C16H18N4O4.C3H8O/c1-3-9(2)20(8-21)14-11-4-12(10(5-17)6-18)19-7-13(11)24-15(14)16(22)23;1-3-4-2/h4-9,17H,3,18H2,1-2H3,(H,22,23);3H2,1-2H3/b10-6+,17-5?;. The number of methoxy groups -OCH3 is 1. The molecule has 0 aromatic carbocycles. The normalized spacial score (nSPS) is 12.1. The Balaban J connectivity index is 0.000000892. The molecule has 9 nitrogen and oxygen atoms in total. The second-order valence-corrected chi connectivity index (χ2v) is 5.76. The largest absolute Gasteiger partial charge is 0.475 e. The number of furan rings is 1. The Bertz CT molecular complexity index is 857. The number of hydrogen-bond donors (Lipinski definition) is 3. The van der Waals surface area contributed by atoms with Gasteiger partial charge in [-0.25, -0.2) is 4.79 Å². The first kappa shape index (κ1) is 22.8. The van der Waals surface area contributed by atoms with E-state index in [1.807, 2.05) is 20.8 Å². The van der Waals surface area contributed by atoms with Gasteiger partial charge in [-0.05, 0) is 26.3 Å². The summed E-state index contributed by atoms with van der Waals surface area (Å²) < 4.78 is 9.91. The molecule has 2 heterocycles. The number of nitrogens with zero attached hydrogens (tertiary/aromatic N) is 2. The number of rotatable bonds is 8. The number of nitrogens with two attached hydrogens (primary N) is 1. The first-order valence-electron chi connectivity index (χ1n) is 8.71. The zero-order valence-corrected chi connectivity index (χ0v) is 16.4. The van der Waals surface area contributed by atoms with Crippen molar-refractivity contribution in [3.8, 4) is 0 Å². The van der Waals surface area contributed by atoms with Gasteiger partial charge in [0.05, 0.1) is 11.9 Å². The maximum absolute atomic E-state index is 11.6. The summed E-state index contributed by atoms with van der Waals surface area (Å²) in [6, 6.07) is 1.34. The van der Waals surface area contributed by atoms with Crippen LogP contribution >= 0.6 is 0 Å². The number of fused-ring (bicyclic) bond motifs is 1. The van der Waals surface area contributed by atoms with Gasteiger partial charge in [0.25, 0.3) is 0 Å². The van der Waals surface area contributed by atoms with Gasteiger partial charge in [-0.3, -0.25) is 9.78 Å². The van der Waals surface area contributed by atoms with Crippen molar-refractivity contribution in [3.63, 3.8) is 0 Å². The van der Waals surface area contributed by atoms with Crippen molar-refractivity contribution in [2.75, 3.05) is 18.6 Å². The van der Waals surface area contributed by atoms with Gasteiger partial charge in [-0.15, -0.1) is 0 Å². The number of nitrogens with one attached hydrogen (secondary N) is 1. The van der Waals surface area contributed by atoms with Crippen molar-refractivity contribution in [2.45, 2.75) is 33.2 Å². The van der Waals surface area contributed by atoms with Crippen LogP contribution in [0.15, 0.2) is 22.9 Å². The molecule has 0 aliphatic rings. The number of hydrogen-bond acceptors (Lipinski definition) is 7. The molecule has 2 aromatic rings. The fourth-order valence-corrected chi connectivity index (χ4v) is 2.33. The van der Waals surface area contributed by atoms with E-state index >= 15 is 0 Å². The van der Waals surface area contributed by atoms with Crippen molar-refractivity contribution >= 4 is 40.8 Å². The van der Waals surface area contributed by atoms with Gasteiger partial charge in [0.1, 0.15) is 5.69 Å². The number of aromatic nitrogens is 1. The highest BCUT2D eigenvalue weighted by molar-refractivity contribution is 6.11. The quantitative estimate of drug-likeness (QED) is 0.464. The van der Waals surface area contributed by atoms with Gasteiger partial charge in [-0.2, -0.15) is 0 Å². The summed E-state index contributed by atoms with van der Waals surface area (Å²) in [5, 5.41) is 17.2. The first-order valence-corrected chi connectivity index (χ1v) is 8.71. The van der Waals surface area contributed by atoms with Crippen LogP contribution in [0.4, 0.5) is 5.69 Å². The van der Waals surface area contributed by atoms with E-state index in [2.05, 4.69) is 9.72 Å².